The van der Waals surface area contributed by atoms with E-state index in [4.69, 9.17) is 34.7 Å². The molecular weight excluding hydrogens is 346 g/mol. The van der Waals surface area contributed by atoms with Crippen molar-refractivity contribution in [2.75, 3.05) is 12.3 Å². The van der Waals surface area contributed by atoms with Gasteiger partial charge in [-0.3, -0.25) is 0 Å². The van der Waals surface area contributed by atoms with Crippen LogP contribution in [-0.2, 0) is 20.0 Å². The van der Waals surface area contributed by atoms with E-state index in [0.29, 0.717) is 5.56 Å². The number of thiocarbonyl (C=S) groups is 1. The minimum atomic E-state index is -3.99. The third-order valence-electron chi connectivity index (χ3n) is 2.18. The van der Waals surface area contributed by atoms with Crippen molar-refractivity contribution >= 4 is 48.9 Å². The van der Waals surface area contributed by atoms with Crippen molar-refractivity contribution < 1.29 is 16.8 Å². The molecule has 1 rings (SSSR count). The summed E-state index contributed by atoms with van der Waals surface area (Å²) in [6.45, 7) is -0.366. The highest BCUT2D eigenvalue weighted by Gasteiger charge is 2.19. The van der Waals surface area contributed by atoms with Crippen molar-refractivity contribution in [2.24, 2.45) is 10.9 Å². The molecule has 0 fully saturated rings. The van der Waals surface area contributed by atoms with Crippen LogP contribution in [0, 0.1) is 0 Å². The van der Waals surface area contributed by atoms with Gasteiger partial charge in [-0.2, -0.15) is 0 Å². The Kier molecular flexibility index (Phi) is 5.46. The van der Waals surface area contributed by atoms with Crippen LogP contribution in [0.5, 0.6) is 0 Å². The standard InChI is InChI=1S/C9H12ClN3O4S3/c10-7-2-1-6(9(11)18)5-8(7)20(16,17)13-3-4-19(12,14)15/h1-2,5,13H,3-4H2,(H2,11,18)(H2,12,14,15). The molecule has 112 valence electrons. The Morgan fingerprint density at radius 3 is 2.40 bits per heavy atom. The van der Waals surface area contributed by atoms with Gasteiger partial charge >= 0.3 is 0 Å². The molecule has 5 N–H and O–H groups in total. The first-order valence-electron chi connectivity index (χ1n) is 5.12. The topological polar surface area (TPSA) is 132 Å². The third-order valence-corrected chi connectivity index (χ3v) is 5.14. The molecule has 0 aliphatic heterocycles. The molecule has 0 aliphatic carbocycles. The van der Waals surface area contributed by atoms with Gasteiger partial charge in [-0.25, -0.2) is 26.7 Å². The van der Waals surface area contributed by atoms with Gasteiger partial charge in [0.25, 0.3) is 0 Å². The van der Waals surface area contributed by atoms with Crippen molar-refractivity contribution in [3.63, 3.8) is 0 Å². The molecule has 0 amide bonds. The Morgan fingerprint density at radius 1 is 1.30 bits per heavy atom. The summed E-state index contributed by atoms with van der Waals surface area (Å²) in [6, 6.07) is 4.03. The van der Waals surface area contributed by atoms with Crippen molar-refractivity contribution in [1.29, 1.82) is 0 Å². The lowest BCUT2D eigenvalue weighted by atomic mass is 10.2. The van der Waals surface area contributed by atoms with Crippen LogP contribution in [0.3, 0.4) is 0 Å². The molecule has 0 bridgehead atoms. The highest BCUT2D eigenvalue weighted by Crippen LogP contribution is 2.22. The van der Waals surface area contributed by atoms with Gasteiger partial charge in [-0.15, -0.1) is 0 Å². The minimum Gasteiger partial charge on any atom is -0.389 e. The predicted molar refractivity (Wildman–Crippen MR) is 80.5 cm³/mol. The Bertz CT molecular complexity index is 731. The SMILES string of the molecule is NC(=S)c1ccc(Cl)c(S(=O)(=O)NCCS(N)(=O)=O)c1. The smallest absolute Gasteiger partial charge is 0.242 e. The second kappa shape index (κ2) is 6.33. The number of nitrogens with one attached hydrogen (secondary N) is 1. The highest BCUT2D eigenvalue weighted by atomic mass is 35.5. The van der Waals surface area contributed by atoms with Crippen LogP contribution in [0.1, 0.15) is 5.56 Å². The maximum atomic E-state index is 12.0. The number of rotatable bonds is 6. The first-order chi connectivity index (χ1) is 9.03. The number of halogens is 1. The molecule has 1 aromatic carbocycles. The van der Waals surface area contributed by atoms with Gasteiger partial charge in [0, 0.05) is 12.1 Å². The van der Waals surface area contributed by atoms with Crippen LogP contribution in [0.2, 0.25) is 5.02 Å². The summed E-state index contributed by atoms with van der Waals surface area (Å²) < 4.78 is 47.6. The van der Waals surface area contributed by atoms with Gasteiger partial charge in [-0.05, 0) is 12.1 Å². The van der Waals surface area contributed by atoms with Gasteiger partial charge in [0.15, 0.2) is 0 Å². The number of sulfonamides is 2. The second-order valence-electron chi connectivity index (χ2n) is 3.77. The van der Waals surface area contributed by atoms with E-state index in [1.54, 1.807) is 0 Å². The van der Waals surface area contributed by atoms with Gasteiger partial charge in [0.2, 0.25) is 20.0 Å². The molecule has 0 spiro atoms. The van der Waals surface area contributed by atoms with E-state index >= 15 is 0 Å². The molecule has 0 atom stereocenters. The van der Waals surface area contributed by atoms with E-state index in [9.17, 15) is 16.8 Å². The molecular formula is C9H12ClN3O4S3. The summed E-state index contributed by atoms with van der Waals surface area (Å²) in [5.74, 6) is -0.529. The largest absolute Gasteiger partial charge is 0.389 e. The molecule has 7 nitrogen and oxygen atoms in total. The van der Waals surface area contributed by atoms with Crippen LogP contribution >= 0.6 is 23.8 Å². The van der Waals surface area contributed by atoms with Crippen molar-refractivity contribution in [3.8, 4) is 0 Å². The summed E-state index contributed by atoms with van der Waals surface area (Å²) >= 11 is 10.6. The Morgan fingerprint density at radius 2 is 1.90 bits per heavy atom. The van der Waals surface area contributed by atoms with Crippen LogP contribution in [0.25, 0.3) is 0 Å². The lowest BCUT2D eigenvalue weighted by molar-refractivity contribution is 0.581. The molecule has 0 saturated heterocycles. The predicted octanol–water partition coefficient (Wildman–Crippen LogP) is -0.459. The fourth-order valence-corrected chi connectivity index (χ4v) is 3.46. The Hall–Kier alpha value is -0.780. The summed E-state index contributed by atoms with van der Waals surface area (Å²) in [4.78, 5) is -0.221. The number of nitrogens with two attached hydrogens (primary N) is 2. The molecule has 0 aromatic heterocycles. The average Bonchev–Trinajstić information content (AvgIpc) is 2.26. The number of benzene rings is 1. The van der Waals surface area contributed by atoms with E-state index in [1.807, 2.05) is 0 Å². The molecule has 1 aromatic rings. The molecule has 20 heavy (non-hydrogen) atoms. The van der Waals surface area contributed by atoms with Crippen molar-refractivity contribution in [3.05, 3.63) is 28.8 Å². The molecule has 11 heteroatoms. The monoisotopic (exact) mass is 357 g/mol. The molecule has 0 saturated carbocycles. The zero-order valence-electron chi connectivity index (χ0n) is 10.0. The van der Waals surface area contributed by atoms with Gasteiger partial charge < -0.3 is 5.73 Å². The summed E-state index contributed by atoms with van der Waals surface area (Å²) in [5, 5.41) is 4.74. The molecule has 0 radical (unpaired) electrons. The summed E-state index contributed by atoms with van der Waals surface area (Å²) in [7, 11) is -7.75. The minimum absolute atomic E-state index is 0.0163. The first kappa shape index (κ1) is 17.3. The summed E-state index contributed by atoms with van der Waals surface area (Å²) in [5.41, 5.74) is 5.74. The van der Waals surface area contributed by atoms with Crippen LogP contribution in [0.4, 0.5) is 0 Å². The fourth-order valence-electron chi connectivity index (χ4n) is 1.26. The van der Waals surface area contributed by atoms with Gasteiger partial charge in [0.05, 0.1) is 10.8 Å². The number of hydrogen-bond acceptors (Lipinski definition) is 5. The maximum absolute atomic E-state index is 12.0. The Balaban J connectivity index is 3.03. The molecule has 0 unspecified atom stereocenters. The van der Waals surface area contributed by atoms with Crippen molar-refractivity contribution in [1.82, 2.24) is 4.72 Å². The fraction of sp³-hybridized carbons (Fsp3) is 0.222. The van der Waals surface area contributed by atoms with Crippen LogP contribution in [0.15, 0.2) is 23.1 Å². The van der Waals surface area contributed by atoms with Gasteiger partial charge in [0.1, 0.15) is 9.88 Å². The zero-order valence-corrected chi connectivity index (χ0v) is 13.2. The molecule has 0 aliphatic rings. The molecule has 0 heterocycles. The Labute approximate surface area is 127 Å². The highest BCUT2D eigenvalue weighted by molar-refractivity contribution is 7.90. The lowest BCUT2D eigenvalue weighted by Crippen LogP contribution is -2.31. The number of hydrogen-bond donors (Lipinski definition) is 3. The maximum Gasteiger partial charge on any atom is 0.242 e. The quantitative estimate of drug-likeness (QED) is 0.590. The summed E-state index contributed by atoms with van der Waals surface area (Å²) in [6.07, 6.45) is 0. The van der Waals surface area contributed by atoms with Crippen LogP contribution < -0.4 is 15.6 Å². The second-order valence-corrected chi connectivity index (χ2v) is 8.09. The van der Waals surface area contributed by atoms with E-state index in [0.717, 1.165) is 0 Å². The third kappa shape index (κ3) is 4.96. The first-order valence-corrected chi connectivity index (χ1v) is 9.11. The van der Waals surface area contributed by atoms with E-state index in [1.165, 1.54) is 18.2 Å². The average molecular weight is 358 g/mol. The van der Waals surface area contributed by atoms with Gasteiger partial charge in [-0.1, -0.05) is 29.9 Å². The number of primary sulfonamides is 1. The zero-order chi connectivity index (χ0) is 15.6. The van der Waals surface area contributed by atoms with Crippen LogP contribution in [-0.4, -0.2) is 34.1 Å². The lowest BCUT2D eigenvalue weighted by Gasteiger charge is -2.09. The normalized spacial score (nSPS) is 12.3. The van der Waals surface area contributed by atoms with E-state index in [-0.39, 0.29) is 21.5 Å². The van der Waals surface area contributed by atoms with E-state index in [2.05, 4.69) is 4.72 Å². The van der Waals surface area contributed by atoms with E-state index < -0.39 is 25.8 Å². The van der Waals surface area contributed by atoms with Crippen molar-refractivity contribution in [2.45, 2.75) is 4.90 Å².